The summed E-state index contributed by atoms with van der Waals surface area (Å²) in [6.45, 7) is 3.13. The molecule has 6 nitrogen and oxygen atoms in total. The molecule has 0 saturated heterocycles. The first-order valence-electron chi connectivity index (χ1n) is 11.4. The third kappa shape index (κ3) is 7.09. The summed E-state index contributed by atoms with van der Waals surface area (Å²) in [5.41, 5.74) is 3.22. The molecule has 1 saturated carbocycles. The molecule has 3 N–H and O–H groups in total. The summed E-state index contributed by atoms with van der Waals surface area (Å²) in [6, 6.07) is 14.5. The number of aliphatic hydroxyl groups is 2. The fraction of sp³-hybridized carbons (Fsp3) is 0.407. The van der Waals surface area contributed by atoms with Gasteiger partial charge in [0.1, 0.15) is 5.78 Å². The minimum atomic E-state index is -0.972. The molecule has 3 rings (SSSR count). The molecular formula is C27H32O6. The van der Waals surface area contributed by atoms with E-state index >= 15 is 0 Å². The van der Waals surface area contributed by atoms with Crippen molar-refractivity contribution in [2.75, 3.05) is 6.61 Å². The molecule has 1 aliphatic rings. The number of hydrogen-bond donors (Lipinski definition) is 3. The molecule has 2 aromatic carbocycles. The van der Waals surface area contributed by atoms with Crippen molar-refractivity contribution in [3.05, 3.63) is 82.9 Å². The van der Waals surface area contributed by atoms with E-state index < -0.39 is 18.2 Å². The van der Waals surface area contributed by atoms with E-state index in [1.165, 1.54) is 0 Å². The van der Waals surface area contributed by atoms with Crippen LogP contribution in [0.25, 0.3) is 0 Å². The minimum absolute atomic E-state index is 0.0254. The van der Waals surface area contributed by atoms with E-state index in [1.807, 2.05) is 31.2 Å². The predicted molar refractivity (Wildman–Crippen MR) is 125 cm³/mol. The first-order valence-corrected chi connectivity index (χ1v) is 11.4. The van der Waals surface area contributed by atoms with Gasteiger partial charge in [-0.3, -0.25) is 4.79 Å². The second-order valence-corrected chi connectivity index (χ2v) is 8.58. The number of benzene rings is 2. The lowest BCUT2D eigenvalue weighted by Gasteiger charge is -2.18. The molecule has 33 heavy (non-hydrogen) atoms. The molecule has 0 heterocycles. The molecule has 2 aromatic rings. The maximum atomic E-state index is 12.5. The lowest BCUT2D eigenvalue weighted by Crippen LogP contribution is -2.20. The summed E-state index contributed by atoms with van der Waals surface area (Å²) in [6.07, 6.45) is 3.71. The van der Waals surface area contributed by atoms with Gasteiger partial charge in [-0.1, -0.05) is 48.6 Å². The van der Waals surface area contributed by atoms with Crippen LogP contribution in [0.1, 0.15) is 46.8 Å². The maximum Gasteiger partial charge on any atom is 0.335 e. The third-order valence-electron chi connectivity index (χ3n) is 6.14. The topological polar surface area (TPSA) is 104 Å². The van der Waals surface area contributed by atoms with E-state index in [-0.39, 0.29) is 29.6 Å². The van der Waals surface area contributed by atoms with Gasteiger partial charge in [0.05, 0.1) is 24.4 Å². The molecule has 0 aromatic heterocycles. The number of rotatable bonds is 11. The Morgan fingerprint density at radius 2 is 1.88 bits per heavy atom. The summed E-state index contributed by atoms with van der Waals surface area (Å²) < 4.78 is 5.44. The molecule has 0 amide bonds. The molecule has 0 spiro atoms. The Balaban J connectivity index is 1.59. The second kappa shape index (κ2) is 11.9. The van der Waals surface area contributed by atoms with Crippen molar-refractivity contribution < 1.29 is 29.6 Å². The van der Waals surface area contributed by atoms with Gasteiger partial charge in [-0.05, 0) is 48.6 Å². The van der Waals surface area contributed by atoms with Crippen molar-refractivity contribution in [2.24, 2.45) is 11.8 Å². The van der Waals surface area contributed by atoms with Gasteiger partial charge in [-0.15, -0.1) is 0 Å². The van der Waals surface area contributed by atoms with Crippen LogP contribution in [0.4, 0.5) is 0 Å². The number of Topliss-reactive ketones (excluding diaryl/α,β-unsaturated/α-hetero) is 1. The molecule has 0 bridgehead atoms. The fourth-order valence-corrected chi connectivity index (χ4v) is 4.36. The van der Waals surface area contributed by atoms with Crippen molar-refractivity contribution in [3.8, 4) is 0 Å². The predicted octanol–water partition coefficient (Wildman–Crippen LogP) is 3.58. The lowest BCUT2D eigenvalue weighted by atomic mass is 9.88. The zero-order valence-electron chi connectivity index (χ0n) is 18.9. The van der Waals surface area contributed by atoms with Crippen molar-refractivity contribution in [2.45, 2.75) is 51.4 Å². The molecule has 1 unspecified atom stereocenters. The third-order valence-corrected chi connectivity index (χ3v) is 6.14. The average Bonchev–Trinajstić information content (AvgIpc) is 3.07. The number of aryl methyl sites for hydroxylation is 1. The number of carboxylic acid groups (broad SMARTS) is 1. The zero-order chi connectivity index (χ0) is 23.8. The number of ether oxygens (including phenoxy) is 1. The van der Waals surface area contributed by atoms with E-state index in [0.29, 0.717) is 32.5 Å². The van der Waals surface area contributed by atoms with E-state index in [4.69, 9.17) is 9.84 Å². The normalized spacial score (nSPS) is 21.5. The lowest BCUT2D eigenvalue weighted by molar-refractivity contribution is -0.121. The molecule has 176 valence electrons. The first-order chi connectivity index (χ1) is 15.9. The SMILES string of the molecule is CCOCc1cccc(CC(O)/C=C/[C@H]2[C@H](O)CC(=O)[C@@H]2CCc2ccc(C(=O)O)cc2)c1. The van der Waals surface area contributed by atoms with E-state index in [0.717, 1.165) is 16.7 Å². The Hall–Kier alpha value is -2.80. The molecule has 1 aliphatic carbocycles. The highest BCUT2D eigenvalue weighted by atomic mass is 16.5. The van der Waals surface area contributed by atoms with Crippen LogP contribution in [0.15, 0.2) is 60.7 Å². The van der Waals surface area contributed by atoms with Crippen molar-refractivity contribution >= 4 is 11.8 Å². The molecular weight excluding hydrogens is 420 g/mol. The van der Waals surface area contributed by atoms with Gasteiger partial charge in [0.15, 0.2) is 0 Å². The van der Waals surface area contributed by atoms with Crippen LogP contribution in [0.3, 0.4) is 0 Å². The van der Waals surface area contributed by atoms with Crippen LogP contribution < -0.4 is 0 Å². The monoisotopic (exact) mass is 452 g/mol. The summed E-state index contributed by atoms with van der Waals surface area (Å²) in [5, 5.41) is 29.9. The van der Waals surface area contributed by atoms with Crippen LogP contribution in [0, 0.1) is 11.8 Å². The van der Waals surface area contributed by atoms with Crippen molar-refractivity contribution in [3.63, 3.8) is 0 Å². The standard InChI is InChI=1S/C27H32O6/c1-2-33-17-20-5-3-4-19(14-20)15-22(28)11-13-24-23(25(29)16-26(24)30)12-8-18-6-9-21(10-7-18)27(31)32/h3-7,9-11,13-14,22-24,26,28,30H,2,8,12,15-17H2,1H3,(H,31,32)/b13-11+/t22?,23-,24-,26-/m1/s1. The van der Waals surface area contributed by atoms with Crippen molar-refractivity contribution in [1.29, 1.82) is 0 Å². The minimum Gasteiger partial charge on any atom is -0.478 e. The van der Waals surface area contributed by atoms with Gasteiger partial charge >= 0.3 is 5.97 Å². The van der Waals surface area contributed by atoms with Crippen LogP contribution >= 0.6 is 0 Å². The number of ketones is 1. The summed E-state index contributed by atoms with van der Waals surface area (Å²) in [7, 11) is 0. The molecule has 0 radical (unpaired) electrons. The Morgan fingerprint density at radius 1 is 1.15 bits per heavy atom. The molecule has 4 atom stereocenters. The Kier molecular flexibility index (Phi) is 8.95. The summed E-state index contributed by atoms with van der Waals surface area (Å²) in [4.78, 5) is 23.5. The van der Waals surface area contributed by atoms with Crippen molar-refractivity contribution in [1.82, 2.24) is 0 Å². The quantitative estimate of drug-likeness (QED) is 0.450. The Bertz CT molecular complexity index is 965. The molecule has 6 heteroatoms. The number of carboxylic acids is 1. The van der Waals surface area contributed by atoms with Crippen LogP contribution in [0.5, 0.6) is 0 Å². The van der Waals surface area contributed by atoms with E-state index in [1.54, 1.807) is 36.4 Å². The number of hydrogen-bond acceptors (Lipinski definition) is 5. The molecule has 0 aliphatic heterocycles. The van der Waals surface area contributed by atoms with E-state index in [9.17, 15) is 19.8 Å². The summed E-state index contributed by atoms with van der Waals surface area (Å²) >= 11 is 0. The van der Waals surface area contributed by atoms with Gasteiger partial charge < -0.3 is 20.1 Å². The van der Waals surface area contributed by atoms with Gasteiger partial charge in [0, 0.05) is 31.3 Å². The number of aromatic carboxylic acids is 1. The molecule has 1 fully saturated rings. The van der Waals surface area contributed by atoms with Crippen LogP contribution in [-0.4, -0.2) is 45.9 Å². The second-order valence-electron chi connectivity index (χ2n) is 8.58. The van der Waals surface area contributed by atoms with Gasteiger partial charge in [0.25, 0.3) is 0 Å². The highest BCUT2D eigenvalue weighted by Crippen LogP contribution is 2.34. The van der Waals surface area contributed by atoms with E-state index in [2.05, 4.69) is 0 Å². The van der Waals surface area contributed by atoms with Crippen LogP contribution in [-0.2, 0) is 29.0 Å². The number of aliphatic hydroxyl groups excluding tert-OH is 2. The Labute approximate surface area is 194 Å². The highest BCUT2D eigenvalue weighted by molar-refractivity contribution is 5.87. The van der Waals surface area contributed by atoms with Crippen LogP contribution in [0.2, 0.25) is 0 Å². The maximum absolute atomic E-state index is 12.5. The zero-order valence-corrected chi connectivity index (χ0v) is 18.9. The van der Waals surface area contributed by atoms with Gasteiger partial charge in [-0.25, -0.2) is 4.79 Å². The smallest absolute Gasteiger partial charge is 0.335 e. The average molecular weight is 453 g/mol. The number of carbonyl (C=O) groups is 2. The highest BCUT2D eigenvalue weighted by Gasteiger charge is 2.39. The largest absolute Gasteiger partial charge is 0.478 e. The summed E-state index contributed by atoms with van der Waals surface area (Å²) in [5.74, 6) is -1.61. The first kappa shape index (κ1) is 24.8. The van der Waals surface area contributed by atoms with Gasteiger partial charge in [-0.2, -0.15) is 0 Å². The van der Waals surface area contributed by atoms with Gasteiger partial charge in [0.2, 0.25) is 0 Å². The number of carbonyl (C=O) groups excluding carboxylic acids is 1. The Morgan fingerprint density at radius 3 is 2.58 bits per heavy atom. The fourth-order valence-electron chi connectivity index (χ4n) is 4.36.